The van der Waals surface area contributed by atoms with Crippen LogP contribution in [0.2, 0.25) is 0 Å². The van der Waals surface area contributed by atoms with Gasteiger partial charge < -0.3 is 4.74 Å². The van der Waals surface area contributed by atoms with Crippen molar-refractivity contribution >= 4 is 52.4 Å². The number of hydrogen-bond acceptors (Lipinski definition) is 2. The Kier molecular flexibility index (Phi) is 23.1. The van der Waals surface area contributed by atoms with Crippen molar-refractivity contribution in [3.05, 3.63) is 225 Å². The van der Waals surface area contributed by atoms with Gasteiger partial charge in [-0.05, 0) is 105 Å². The van der Waals surface area contributed by atoms with E-state index in [0.29, 0.717) is 5.92 Å². The number of rotatable bonds is 9. The van der Waals surface area contributed by atoms with E-state index in [1.165, 1.54) is 54.7 Å². The van der Waals surface area contributed by atoms with E-state index in [4.69, 9.17) is 9.73 Å². The third-order valence-corrected chi connectivity index (χ3v) is 19.3. The van der Waals surface area contributed by atoms with Gasteiger partial charge in [0, 0.05) is 31.1 Å². The van der Waals surface area contributed by atoms with Crippen molar-refractivity contribution in [3.63, 3.8) is 0 Å². The summed E-state index contributed by atoms with van der Waals surface area (Å²) in [6.07, 6.45) is -31.2. The van der Waals surface area contributed by atoms with Gasteiger partial charge in [0.05, 0.1) is 50.5 Å². The molecule has 10 rings (SSSR count). The monoisotopic (exact) mass is 1580 g/mol. The van der Waals surface area contributed by atoms with Crippen LogP contribution in [-0.4, -0.2) is 24.7 Å². The molecule has 1 aliphatic heterocycles. The Hall–Kier alpha value is -6.79. The van der Waals surface area contributed by atoms with E-state index >= 15 is 0 Å². The molecule has 6 aromatic rings. The summed E-state index contributed by atoms with van der Waals surface area (Å²) in [7, 11) is -0.566. The molecule has 0 fully saturated rings. The van der Waals surface area contributed by atoms with Crippen molar-refractivity contribution in [2.45, 2.75) is 121 Å². The van der Waals surface area contributed by atoms with Gasteiger partial charge in [0.25, 0.3) is 0 Å². The van der Waals surface area contributed by atoms with Crippen LogP contribution in [0.1, 0.15) is 110 Å². The first-order valence-corrected chi connectivity index (χ1v) is 30.5. The van der Waals surface area contributed by atoms with Crippen LogP contribution in [0.3, 0.4) is 0 Å². The standard InChI is InChI=1S/C32H12BF24.C27H30NOP.C8H12.Ir/c34-25(35,36)13-1-14(26(37,38)39)6-21(5-13)33(22-7-15(27(40,41)42)2-16(8-22)28(43,44)45,23-9-17(29(46,47)48)3-18(10-23)30(49,50)51)24-11-19(31(52,53)54)4-20(12-24)32(55,56)57;1-20(2)24-19-29-26(28-24)23-15-9-17-27(23)18-10-16-25(27)30(21-11-5-3-6-12-21)22-13-7-4-8-14-22;1-2-4-6-8-7-5-3-1;/h1-12H;3-8,11-16,20,24H,9-10,17-19H2,1-2H3;1-2,7-8H,3-6H2;/q-1;;;. The number of allylic oxidation sites excluding steroid dienone is 7. The van der Waals surface area contributed by atoms with E-state index in [0.717, 1.165) is 25.3 Å². The molecule has 2 unspecified atom stereocenters. The first kappa shape index (κ1) is 76.6. The van der Waals surface area contributed by atoms with E-state index in [1.807, 2.05) is 0 Å². The van der Waals surface area contributed by atoms with Gasteiger partial charge in [-0.15, -0.1) is 0 Å². The van der Waals surface area contributed by atoms with Crippen LogP contribution >= 0.6 is 7.92 Å². The number of hydrogen-bond donors (Lipinski definition) is 0. The Morgan fingerprint density at radius 2 is 0.667 bits per heavy atom. The van der Waals surface area contributed by atoms with Gasteiger partial charge >= 0.3 is 49.4 Å². The Bertz CT molecular complexity index is 3350. The van der Waals surface area contributed by atoms with Crippen molar-refractivity contribution in [1.29, 1.82) is 0 Å². The molecule has 1 heterocycles. The molecule has 0 saturated carbocycles. The van der Waals surface area contributed by atoms with Crippen LogP contribution in [0.5, 0.6) is 0 Å². The average molecular weight is 1580 g/mol. The maximum atomic E-state index is 14.2. The first-order valence-electron chi connectivity index (χ1n) is 29.1. The molecule has 2 atom stereocenters. The molecule has 6 aromatic carbocycles. The molecule has 1 radical (unpaired) electrons. The van der Waals surface area contributed by atoms with E-state index in [-0.39, 0.29) is 31.6 Å². The molecule has 4 aliphatic rings. The van der Waals surface area contributed by atoms with Gasteiger partial charge in [-0.1, -0.05) is 159 Å². The number of nitrogens with zero attached hydrogens (tertiary/aromatic N) is 1. The quantitative estimate of drug-likeness (QED) is 0.0612. The molecule has 0 bridgehead atoms. The summed E-state index contributed by atoms with van der Waals surface area (Å²) >= 11 is 0. The largest absolute Gasteiger partial charge is 0.475 e. The second kappa shape index (κ2) is 29.0. The van der Waals surface area contributed by atoms with Gasteiger partial charge in [-0.3, -0.25) is 0 Å². The third kappa shape index (κ3) is 17.5. The number of ether oxygens (including phenoxy) is 1. The SMILES string of the molecule is C1=CCCC=CCC1.CC(C)C1COC(C2=CCCC23CCC=C3P(c2ccccc2)c2ccccc2)=N1.FC(F)(F)c1cc([B-](c2cc(C(F)(F)F)cc(C(F)(F)F)c2)(c2cc(C(F)(F)F)cc(C(F)(F)F)c2)c2cc(C(F)(F)F)cc(C(F)(F)F)c2)cc(C(F)(F)F)c1.[Ir]. The predicted octanol–water partition coefficient (Wildman–Crippen LogP) is 19.8. The summed E-state index contributed by atoms with van der Waals surface area (Å²) in [5.41, 5.74) is -28.7. The summed E-state index contributed by atoms with van der Waals surface area (Å²) in [5.74, 6) is 1.44. The van der Waals surface area contributed by atoms with Gasteiger partial charge in [-0.25, -0.2) is 4.99 Å². The topological polar surface area (TPSA) is 21.6 Å². The third-order valence-electron chi connectivity index (χ3n) is 16.6. The molecular formula is C67H54BF24IrNOP-. The first-order chi connectivity index (χ1) is 44.0. The summed E-state index contributed by atoms with van der Waals surface area (Å²) in [6, 6.07) is 13.7. The average Bonchev–Trinajstić information content (AvgIpc) is 0.876. The minimum absolute atomic E-state index is 0. The molecular weight excluding hydrogens is 1520 g/mol. The Morgan fingerprint density at radius 3 is 0.917 bits per heavy atom. The van der Waals surface area contributed by atoms with Crippen molar-refractivity contribution in [1.82, 2.24) is 0 Å². The second-order valence-electron chi connectivity index (χ2n) is 23.3. The molecule has 0 amide bonds. The summed E-state index contributed by atoms with van der Waals surface area (Å²) in [4.78, 5) is 5.03. The van der Waals surface area contributed by atoms with E-state index in [9.17, 15) is 105 Å². The smallest absolute Gasteiger partial charge is 0.416 e. The maximum absolute atomic E-state index is 14.2. The molecule has 519 valence electrons. The number of alkyl halides is 24. The van der Waals surface area contributed by atoms with Gasteiger partial charge in [0.2, 0.25) is 5.90 Å². The zero-order valence-corrected chi connectivity index (χ0v) is 53.3. The molecule has 2 nitrogen and oxygen atoms in total. The Balaban J connectivity index is 0.000000273. The van der Waals surface area contributed by atoms with Crippen molar-refractivity contribution in [2.24, 2.45) is 16.3 Å². The Labute approximate surface area is 549 Å². The number of halogens is 24. The van der Waals surface area contributed by atoms with Crippen LogP contribution in [0, 0.1) is 11.3 Å². The van der Waals surface area contributed by atoms with Crippen LogP contribution in [0.25, 0.3) is 0 Å². The van der Waals surface area contributed by atoms with E-state index in [1.54, 1.807) is 5.31 Å². The summed E-state index contributed by atoms with van der Waals surface area (Å²) in [5, 5.41) is 4.48. The fourth-order valence-corrected chi connectivity index (χ4v) is 15.0. The molecule has 96 heavy (non-hydrogen) atoms. The van der Waals surface area contributed by atoms with E-state index in [2.05, 4.69) is 111 Å². The summed E-state index contributed by atoms with van der Waals surface area (Å²) in [6.45, 7) is 5.21. The van der Waals surface area contributed by atoms with E-state index < -0.39 is 203 Å². The van der Waals surface area contributed by atoms with Crippen LogP contribution in [-0.2, 0) is 74.3 Å². The zero-order valence-electron chi connectivity index (χ0n) is 50.0. The molecule has 3 aliphatic carbocycles. The molecule has 0 saturated heterocycles. The molecule has 1 spiro atoms. The minimum atomic E-state index is -6.13. The van der Waals surface area contributed by atoms with Crippen molar-refractivity contribution < 1.29 is 130 Å². The van der Waals surface area contributed by atoms with Crippen LogP contribution in [0.15, 0.2) is 186 Å². The predicted molar refractivity (Wildman–Crippen MR) is 315 cm³/mol. The normalized spacial score (nSPS) is 18.2. The van der Waals surface area contributed by atoms with Crippen LogP contribution < -0.4 is 32.5 Å². The fraction of sp³-hybridized carbons (Fsp3) is 0.328. The number of aliphatic imine (C=N–C) groups is 1. The second-order valence-corrected chi connectivity index (χ2v) is 25.4. The Morgan fingerprint density at radius 1 is 0.396 bits per heavy atom. The number of benzene rings is 6. The van der Waals surface area contributed by atoms with Crippen LogP contribution in [0.4, 0.5) is 105 Å². The van der Waals surface area contributed by atoms with Gasteiger partial charge in [0.1, 0.15) is 12.8 Å². The fourth-order valence-electron chi connectivity index (χ4n) is 12.1. The molecule has 0 N–H and O–H groups in total. The van der Waals surface area contributed by atoms with Gasteiger partial charge in [0.15, 0.2) is 0 Å². The maximum Gasteiger partial charge on any atom is 0.416 e. The van der Waals surface area contributed by atoms with Crippen molar-refractivity contribution in [2.75, 3.05) is 6.61 Å². The minimum Gasteiger partial charge on any atom is -0.475 e. The van der Waals surface area contributed by atoms with Gasteiger partial charge in [-0.2, -0.15) is 127 Å². The summed E-state index contributed by atoms with van der Waals surface area (Å²) < 4.78 is 347. The molecule has 0 aromatic heterocycles. The molecule has 29 heteroatoms. The zero-order chi connectivity index (χ0) is 70.1. The van der Waals surface area contributed by atoms with Crippen molar-refractivity contribution in [3.8, 4) is 0 Å².